The smallest absolute Gasteiger partial charge is 0.339 e. The van der Waals surface area contributed by atoms with Crippen LogP contribution in [0.2, 0.25) is 0 Å². The summed E-state index contributed by atoms with van der Waals surface area (Å²) in [5.74, 6) is 0.321. The number of para-hydroxylation sites is 1. The van der Waals surface area contributed by atoms with Gasteiger partial charge < -0.3 is 19.5 Å². The number of nitrogens with one attached hydrogen (secondary N) is 1. The van der Waals surface area contributed by atoms with Gasteiger partial charge in [0.05, 0.1) is 31.3 Å². The Morgan fingerprint density at radius 3 is 2.53 bits per heavy atom. The first-order valence-corrected chi connectivity index (χ1v) is 10.5. The lowest BCUT2D eigenvalue weighted by atomic mass is 10.0. The third-order valence-corrected chi connectivity index (χ3v) is 5.39. The SMILES string of the molecule is CCc1nc2ccccc2c(C(=O)OCC(=O)NC(C)c2cc(OC)ccc2OC)c1C. The van der Waals surface area contributed by atoms with E-state index in [0.29, 0.717) is 28.9 Å². The van der Waals surface area contributed by atoms with Crippen LogP contribution in [0.1, 0.15) is 47.1 Å². The normalized spacial score (nSPS) is 11.7. The van der Waals surface area contributed by atoms with Gasteiger partial charge in [-0.05, 0) is 50.1 Å². The van der Waals surface area contributed by atoms with E-state index >= 15 is 0 Å². The van der Waals surface area contributed by atoms with E-state index in [9.17, 15) is 9.59 Å². The second kappa shape index (κ2) is 10.1. The average Bonchev–Trinajstić information content (AvgIpc) is 2.81. The van der Waals surface area contributed by atoms with Gasteiger partial charge in [0, 0.05) is 16.6 Å². The van der Waals surface area contributed by atoms with Gasteiger partial charge in [-0.3, -0.25) is 9.78 Å². The molecular formula is C25H28N2O5. The molecule has 3 aromatic rings. The van der Waals surface area contributed by atoms with Crippen LogP contribution in [-0.4, -0.2) is 37.7 Å². The highest BCUT2D eigenvalue weighted by Crippen LogP contribution is 2.29. The third-order valence-electron chi connectivity index (χ3n) is 5.39. The Hall–Kier alpha value is -3.61. The number of rotatable bonds is 8. The summed E-state index contributed by atoms with van der Waals surface area (Å²) in [6, 6.07) is 12.4. The van der Waals surface area contributed by atoms with Crippen molar-refractivity contribution in [1.82, 2.24) is 10.3 Å². The van der Waals surface area contributed by atoms with E-state index in [1.54, 1.807) is 32.4 Å². The fraction of sp³-hybridized carbons (Fsp3) is 0.320. The Kier molecular flexibility index (Phi) is 7.30. The van der Waals surface area contributed by atoms with Gasteiger partial charge in [-0.15, -0.1) is 0 Å². The number of hydrogen-bond acceptors (Lipinski definition) is 6. The molecule has 0 aliphatic heterocycles. The molecule has 1 unspecified atom stereocenters. The van der Waals surface area contributed by atoms with Crippen molar-refractivity contribution in [2.24, 2.45) is 0 Å². The number of nitrogens with zero attached hydrogens (tertiary/aromatic N) is 1. The Balaban J connectivity index is 1.73. The highest BCUT2D eigenvalue weighted by molar-refractivity contribution is 6.05. The Labute approximate surface area is 187 Å². The fourth-order valence-electron chi connectivity index (χ4n) is 3.71. The summed E-state index contributed by atoms with van der Waals surface area (Å²) in [6.07, 6.45) is 0.692. The highest BCUT2D eigenvalue weighted by Gasteiger charge is 2.21. The molecule has 7 heteroatoms. The van der Waals surface area contributed by atoms with E-state index in [0.717, 1.165) is 22.3 Å². The third kappa shape index (κ3) is 4.82. The van der Waals surface area contributed by atoms with Gasteiger partial charge in [-0.25, -0.2) is 4.79 Å². The van der Waals surface area contributed by atoms with Gasteiger partial charge in [0.2, 0.25) is 0 Å². The Bertz CT molecular complexity index is 1140. The van der Waals surface area contributed by atoms with Crippen LogP contribution < -0.4 is 14.8 Å². The number of aromatic nitrogens is 1. The van der Waals surface area contributed by atoms with Crippen molar-refractivity contribution in [3.8, 4) is 11.5 Å². The molecule has 0 saturated heterocycles. The van der Waals surface area contributed by atoms with Crippen molar-refractivity contribution in [2.75, 3.05) is 20.8 Å². The molecule has 0 aliphatic rings. The van der Waals surface area contributed by atoms with Crippen molar-refractivity contribution in [3.05, 3.63) is 64.8 Å². The largest absolute Gasteiger partial charge is 0.497 e. The molecule has 0 fully saturated rings. The van der Waals surface area contributed by atoms with Gasteiger partial charge in [0.25, 0.3) is 5.91 Å². The summed E-state index contributed by atoms with van der Waals surface area (Å²) in [6.45, 7) is 5.27. The highest BCUT2D eigenvalue weighted by atomic mass is 16.5. The molecule has 1 atom stereocenters. The number of amides is 1. The summed E-state index contributed by atoms with van der Waals surface area (Å²) in [7, 11) is 3.14. The van der Waals surface area contributed by atoms with Crippen LogP contribution in [0.3, 0.4) is 0 Å². The molecular weight excluding hydrogens is 408 g/mol. The van der Waals surface area contributed by atoms with Crippen molar-refractivity contribution in [3.63, 3.8) is 0 Å². The number of methoxy groups -OCH3 is 2. The molecule has 7 nitrogen and oxygen atoms in total. The molecule has 2 aromatic carbocycles. The predicted octanol–water partition coefficient (Wildman–Crippen LogP) is 4.16. The van der Waals surface area contributed by atoms with Crippen molar-refractivity contribution < 1.29 is 23.8 Å². The van der Waals surface area contributed by atoms with E-state index in [1.807, 2.05) is 45.0 Å². The summed E-state index contributed by atoms with van der Waals surface area (Å²) in [5.41, 5.74) is 3.54. The lowest BCUT2D eigenvalue weighted by Crippen LogP contribution is -2.31. The van der Waals surface area contributed by atoms with E-state index in [1.165, 1.54) is 0 Å². The maximum atomic E-state index is 12.9. The van der Waals surface area contributed by atoms with Crippen molar-refractivity contribution in [2.45, 2.75) is 33.2 Å². The number of carbonyl (C=O) groups excluding carboxylic acids is 2. The Morgan fingerprint density at radius 2 is 1.84 bits per heavy atom. The second-order valence-corrected chi connectivity index (χ2v) is 7.40. The van der Waals surface area contributed by atoms with Crippen LogP contribution in [0.15, 0.2) is 42.5 Å². The van der Waals surface area contributed by atoms with Gasteiger partial charge in [-0.2, -0.15) is 0 Å². The summed E-state index contributed by atoms with van der Waals surface area (Å²) < 4.78 is 16.0. The fourth-order valence-corrected chi connectivity index (χ4v) is 3.71. The molecule has 3 rings (SSSR count). The van der Waals surface area contributed by atoms with E-state index in [2.05, 4.69) is 10.3 Å². The average molecular weight is 437 g/mol. The molecule has 32 heavy (non-hydrogen) atoms. The van der Waals surface area contributed by atoms with E-state index < -0.39 is 18.5 Å². The summed E-state index contributed by atoms with van der Waals surface area (Å²) in [5, 5.41) is 3.55. The number of esters is 1. The first kappa shape index (κ1) is 23.1. The molecule has 1 amide bonds. The molecule has 1 heterocycles. The molecule has 168 valence electrons. The first-order chi connectivity index (χ1) is 15.4. The molecule has 1 aromatic heterocycles. The van der Waals surface area contributed by atoms with Crippen molar-refractivity contribution in [1.29, 1.82) is 0 Å². The first-order valence-electron chi connectivity index (χ1n) is 10.5. The monoisotopic (exact) mass is 436 g/mol. The van der Waals surface area contributed by atoms with Crippen LogP contribution in [0.4, 0.5) is 0 Å². The number of benzene rings is 2. The zero-order valence-corrected chi connectivity index (χ0v) is 19.0. The number of aryl methyl sites for hydroxylation is 1. The quantitative estimate of drug-likeness (QED) is 0.534. The van der Waals surface area contributed by atoms with Crippen LogP contribution in [0, 0.1) is 6.92 Å². The molecule has 1 N–H and O–H groups in total. The maximum Gasteiger partial charge on any atom is 0.339 e. The summed E-state index contributed by atoms with van der Waals surface area (Å²) >= 11 is 0. The lowest BCUT2D eigenvalue weighted by Gasteiger charge is -2.18. The molecule has 0 spiro atoms. The number of ether oxygens (including phenoxy) is 3. The minimum absolute atomic E-state index is 0.374. The van der Waals surface area contributed by atoms with Gasteiger partial charge in [0.15, 0.2) is 6.61 Å². The topological polar surface area (TPSA) is 86.8 Å². The van der Waals surface area contributed by atoms with Crippen LogP contribution in [-0.2, 0) is 16.0 Å². The zero-order chi connectivity index (χ0) is 23.3. The molecule has 0 bridgehead atoms. The van der Waals surface area contributed by atoms with Gasteiger partial charge in [0.1, 0.15) is 11.5 Å². The van der Waals surface area contributed by atoms with Crippen LogP contribution >= 0.6 is 0 Å². The number of pyridine rings is 1. The van der Waals surface area contributed by atoms with Crippen LogP contribution in [0.25, 0.3) is 10.9 Å². The molecule has 0 aliphatic carbocycles. The standard InChI is InChI=1S/C25H28N2O5/c1-6-20-15(2)24(18-9-7-8-10-21(18)27-20)25(29)32-14-23(28)26-16(3)19-13-17(30-4)11-12-22(19)31-5/h7-13,16H,6,14H2,1-5H3,(H,26,28). The van der Waals surface area contributed by atoms with E-state index in [-0.39, 0.29) is 6.04 Å². The van der Waals surface area contributed by atoms with Crippen LogP contribution in [0.5, 0.6) is 11.5 Å². The predicted molar refractivity (Wildman–Crippen MR) is 122 cm³/mol. The zero-order valence-electron chi connectivity index (χ0n) is 19.0. The van der Waals surface area contributed by atoms with Gasteiger partial charge >= 0.3 is 5.97 Å². The number of fused-ring (bicyclic) bond motifs is 1. The minimum atomic E-state index is -0.544. The Morgan fingerprint density at radius 1 is 1.09 bits per heavy atom. The number of carbonyl (C=O) groups is 2. The van der Waals surface area contributed by atoms with Gasteiger partial charge in [-0.1, -0.05) is 25.1 Å². The molecule has 0 radical (unpaired) electrons. The maximum absolute atomic E-state index is 12.9. The minimum Gasteiger partial charge on any atom is -0.497 e. The molecule has 0 saturated carbocycles. The van der Waals surface area contributed by atoms with Crippen molar-refractivity contribution >= 4 is 22.8 Å². The number of hydrogen-bond donors (Lipinski definition) is 1. The van der Waals surface area contributed by atoms with E-state index in [4.69, 9.17) is 14.2 Å². The second-order valence-electron chi connectivity index (χ2n) is 7.40. The lowest BCUT2D eigenvalue weighted by molar-refractivity contribution is -0.124. The summed E-state index contributed by atoms with van der Waals surface area (Å²) in [4.78, 5) is 30.1.